The summed E-state index contributed by atoms with van der Waals surface area (Å²) in [5.74, 6) is 8.13. The molecule has 54 heavy (non-hydrogen) atoms. The largest absolute Gasteiger partial charge is 0.497 e. The van der Waals surface area contributed by atoms with Crippen LogP contribution in [0.2, 0.25) is 5.02 Å². The molecule has 15 nitrogen and oxygen atoms in total. The van der Waals surface area contributed by atoms with Crippen molar-refractivity contribution in [1.82, 2.24) is 54.1 Å². The molecule has 8 aromatic rings. The van der Waals surface area contributed by atoms with Gasteiger partial charge >= 0.3 is 0 Å². The Bertz CT molecular complexity index is 2760. The molecule has 0 aliphatic heterocycles. The first kappa shape index (κ1) is 35.2. The summed E-state index contributed by atoms with van der Waals surface area (Å²) in [5, 5.41) is 23.7. The SMILES string of the molecule is COc1cccc(Cn2ncc3c4sc(Cn5cc(C#CCSc6nc(NCCN)c7nnn(Cc8ccc(Cl)cc8)c7n6)cn5)nc4n(C)c3c2=O)c1. The predicted octanol–water partition coefficient (Wildman–Crippen LogP) is 4.40. The molecule has 6 aromatic heterocycles. The number of halogens is 1. The van der Waals surface area contributed by atoms with Gasteiger partial charge in [0, 0.05) is 36.7 Å². The molecule has 0 amide bonds. The van der Waals surface area contributed by atoms with E-state index in [0.29, 0.717) is 71.2 Å². The van der Waals surface area contributed by atoms with Crippen molar-refractivity contribution in [3.8, 4) is 17.6 Å². The monoisotopic (exact) mass is 777 g/mol. The lowest BCUT2D eigenvalue weighted by Gasteiger charge is -2.07. The highest BCUT2D eigenvalue weighted by atomic mass is 35.5. The molecule has 0 unspecified atom stereocenters. The molecule has 0 bridgehead atoms. The third-order valence-electron chi connectivity index (χ3n) is 8.50. The summed E-state index contributed by atoms with van der Waals surface area (Å²) in [6, 6.07) is 15.2. The number of thiazole rings is 1. The number of methoxy groups -OCH3 is 1. The molecule has 0 saturated heterocycles. The van der Waals surface area contributed by atoms with E-state index in [-0.39, 0.29) is 5.56 Å². The number of nitrogens with two attached hydrogens (primary N) is 1. The smallest absolute Gasteiger partial charge is 0.291 e. The van der Waals surface area contributed by atoms with E-state index >= 15 is 0 Å². The number of fused-ring (bicyclic) bond motifs is 4. The van der Waals surface area contributed by atoms with Crippen molar-refractivity contribution in [2.24, 2.45) is 12.8 Å². The van der Waals surface area contributed by atoms with Crippen molar-refractivity contribution in [1.29, 1.82) is 0 Å². The molecule has 3 N–H and O–H groups in total. The van der Waals surface area contributed by atoms with Gasteiger partial charge in [-0.05, 0) is 35.4 Å². The standard InChI is InChI=1S/C36H32ClN13O2S2/c1-47-30-27(17-41-50(35(30)51)20-23-5-3-7-26(15-23)52-2)31-34(47)42-28(54-31)21-48-18-24(16-40-48)6-4-14-53-36-43-32(39-13-12-38)29-33(44-36)49(46-45-29)19-22-8-10-25(37)11-9-22/h3,5,7-11,15-18H,12-14,19-21,38H2,1-2H3,(H,39,43,44). The Balaban J connectivity index is 0.948. The van der Waals surface area contributed by atoms with Crippen molar-refractivity contribution >= 4 is 72.9 Å². The van der Waals surface area contributed by atoms with Crippen LogP contribution in [0.4, 0.5) is 5.82 Å². The van der Waals surface area contributed by atoms with Crippen molar-refractivity contribution in [2.75, 3.05) is 31.3 Å². The molecule has 0 aliphatic rings. The number of benzene rings is 2. The molecular formula is C36H32ClN13O2S2. The normalized spacial score (nSPS) is 11.4. The maximum Gasteiger partial charge on any atom is 0.291 e. The minimum absolute atomic E-state index is 0.174. The maximum absolute atomic E-state index is 13.5. The van der Waals surface area contributed by atoms with Gasteiger partial charge in [0.05, 0.1) is 55.2 Å². The van der Waals surface area contributed by atoms with E-state index < -0.39 is 0 Å². The van der Waals surface area contributed by atoms with Crippen LogP contribution >= 0.6 is 34.7 Å². The topological polar surface area (TPSA) is 174 Å². The van der Waals surface area contributed by atoms with Gasteiger partial charge in [-0.15, -0.1) is 16.4 Å². The summed E-state index contributed by atoms with van der Waals surface area (Å²) < 4.78 is 13.1. The van der Waals surface area contributed by atoms with Crippen molar-refractivity contribution in [2.45, 2.75) is 24.8 Å². The first-order valence-electron chi connectivity index (χ1n) is 16.8. The number of aromatic nitrogens is 11. The van der Waals surface area contributed by atoms with Gasteiger partial charge < -0.3 is 20.4 Å². The fraction of sp³-hybridized carbons (Fsp3) is 0.222. The predicted molar refractivity (Wildman–Crippen MR) is 210 cm³/mol. The molecule has 0 radical (unpaired) electrons. The van der Waals surface area contributed by atoms with Crippen molar-refractivity contribution in [3.63, 3.8) is 0 Å². The van der Waals surface area contributed by atoms with Gasteiger partial charge in [0.2, 0.25) is 0 Å². The summed E-state index contributed by atoms with van der Waals surface area (Å²) in [6.45, 7) is 2.24. The number of rotatable bonds is 12. The van der Waals surface area contributed by atoms with Gasteiger partial charge in [0.25, 0.3) is 5.56 Å². The number of nitrogens with zero attached hydrogens (tertiary/aromatic N) is 11. The van der Waals surface area contributed by atoms with E-state index in [1.165, 1.54) is 27.8 Å². The van der Waals surface area contributed by atoms with Gasteiger partial charge in [-0.1, -0.05) is 64.7 Å². The first-order chi connectivity index (χ1) is 26.4. The quantitative estimate of drug-likeness (QED) is 0.102. The Hall–Kier alpha value is -5.80. The first-order valence-corrected chi connectivity index (χ1v) is 19.0. The van der Waals surface area contributed by atoms with Crippen LogP contribution < -0.4 is 21.3 Å². The molecule has 18 heteroatoms. The van der Waals surface area contributed by atoms with E-state index in [1.54, 1.807) is 28.9 Å². The second-order valence-electron chi connectivity index (χ2n) is 12.2. The van der Waals surface area contributed by atoms with E-state index in [1.807, 2.05) is 66.3 Å². The van der Waals surface area contributed by atoms with Crippen LogP contribution in [0, 0.1) is 11.8 Å². The van der Waals surface area contributed by atoms with Crippen LogP contribution in [0.1, 0.15) is 21.7 Å². The molecule has 6 heterocycles. The lowest BCUT2D eigenvalue weighted by molar-refractivity contribution is 0.414. The van der Waals surface area contributed by atoms with Crippen molar-refractivity contribution in [3.05, 3.63) is 104 Å². The molecule has 0 saturated carbocycles. The number of anilines is 1. The van der Waals surface area contributed by atoms with E-state index in [2.05, 4.69) is 42.7 Å². The molecule has 0 aliphatic carbocycles. The zero-order chi connectivity index (χ0) is 37.2. The van der Waals surface area contributed by atoms with Crippen LogP contribution in [0.15, 0.2) is 77.1 Å². The van der Waals surface area contributed by atoms with Crippen LogP contribution in [0.3, 0.4) is 0 Å². The second-order valence-corrected chi connectivity index (χ2v) is 14.6. The lowest BCUT2D eigenvalue weighted by atomic mass is 10.2. The van der Waals surface area contributed by atoms with Crippen LogP contribution in [-0.2, 0) is 26.7 Å². The number of nitrogens with one attached hydrogen (secondary N) is 1. The average molecular weight is 778 g/mol. The third-order valence-corrected chi connectivity index (χ3v) is 10.5. The fourth-order valence-electron chi connectivity index (χ4n) is 5.93. The summed E-state index contributed by atoms with van der Waals surface area (Å²) in [5.41, 5.74) is 10.8. The van der Waals surface area contributed by atoms with Crippen LogP contribution in [0.5, 0.6) is 5.75 Å². The molecule has 0 fully saturated rings. The van der Waals surface area contributed by atoms with Gasteiger partial charge in [0.1, 0.15) is 16.3 Å². The summed E-state index contributed by atoms with van der Waals surface area (Å²) >= 11 is 9.01. The molecular weight excluding hydrogens is 746 g/mol. The minimum Gasteiger partial charge on any atom is -0.497 e. The van der Waals surface area contributed by atoms with Crippen molar-refractivity contribution < 1.29 is 4.74 Å². The molecule has 272 valence electrons. The Morgan fingerprint density at radius 1 is 1.00 bits per heavy atom. The van der Waals surface area contributed by atoms with Crippen LogP contribution in [0.25, 0.3) is 32.4 Å². The Labute approximate surface area is 321 Å². The summed E-state index contributed by atoms with van der Waals surface area (Å²) in [6.07, 6.45) is 5.36. The van der Waals surface area contributed by atoms with E-state index in [9.17, 15) is 4.79 Å². The van der Waals surface area contributed by atoms with Crippen LogP contribution in [-0.4, -0.2) is 80.0 Å². The average Bonchev–Trinajstić information content (AvgIpc) is 3.97. The Kier molecular flexibility index (Phi) is 9.97. The lowest BCUT2D eigenvalue weighted by Crippen LogP contribution is -2.24. The van der Waals surface area contributed by atoms with E-state index in [0.717, 1.165) is 43.2 Å². The highest BCUT2D eigenvalue weighted by Gasteiger charge is 2.19. The number of thioether (sulfide) groups is 1. The zero-order valence-corrected chi connectivity index (χ0v) is 31.5. The summed E-state index contributed by atoms with van der Waals surface area (Å²) in [4.78, 5) is 27.8. The van der Waals surface area contributed by atoms with Gasteiger partial charge in [0.15, 0.2) is 27.8 Å². The Morgan fingerprint density at radius 3 is 2.69 bits per heavy atom. The van der Waals surface area contributed by atoms with Gasteiger partial charge in [-0.25, -0.2) is 24.3 Å². The third kappa shape index (κ3) is 7.24. The molecule has 0 atom stereocenters. The van der Waals surface area contributed by atoms with E-state index in [4.69, 9.17) is 32.0 Å². The van der Waals surface area contributed by atoms with Gasteiger partial charge in [-0.3, -0.25) is 9.48 Å². The Morgan fingerprint density at radius 2 is 1.85 bits per heavy atom. The molecule has 2 aromatic carbocycles. The molecule has 8 rings (SSSR count). The highest BCUT2D eigenvalue weighted by molar-refractivity contribution is 7.99. The minimum atomic E-state index is -0.174. The second kappa shape index (κ2) is 15.3. The number of aryl methyl sites for hydroxylation is 1. The molecule has 0 spiro atoms. The fourth-order valence-corrected chi connectivity index (χ4v) is 7.74. The highest BCUT2D eigenvalue weighted by Crippen LogP contribution is 2.31. The number of hydrogen-bond acceptors (Lipinski definition) is 13. The summed E-state index contributed by atoms with van der Waals surface area (Å²) in [7, 11) is 3.48. The van der Waals surface area contributed by atoms with Gasteiger partial charge in [-0.2, -0.15) is 10.2 Å². The maximum atomic E-state index is 13.5. The zero-order valence-electron chi connectivity index (χ0n) is 29.1. The number of ether oxygens (including phenoxy) is 1. The number of hydrogen-bond donors (Lipinski definition) is 2.